The first-order chi connectivity index (χ1) is 20.5. The van der Waals surface area contributed by atoms with E-state index in [2.05, 4.69) is 65.1 Å². The second-order valence-electron chi connectivity index (χ2n) is 12.6. The zero-order valence-electron chi connectivity index (χ0n) is 26.8. The van der Waals surface area contributed by atoms with Gasteiger partial charge in [0.2, 0.25) is 0 Å². The van der Waals surface area contributed by atoms with Crippen molar-refractivity contribution in [1.29, 1.82) is 0 Å². The summed E-state index contributed by atoms with van der Waals surface area (Å²) in [6.45, 7) is 16.8. The van der Waals surface area contributed by atoms with Crippen molar-refractivity contribution in [3.63, 3.8) is 0 Å². The number of rotatable bonds is 13. The maximum absolute atomic E-state index is 13.4. The number of ether oxygens (including phenoxy) is 1. The number of nitrogens with one attached hydrogen (secondary N) is 1. The molecule has 4 rings (SSSR count). The highest BCUT2D eigenvalue weighted by atomic mass is 35.5. The lowest BCUT2D eigenvalue weighted by atomic mass is 9.76. The number of unbranched alkanes of at least 4 members (excludes halogenated alkanes) is 1. The molecule has 1 heterocycles. The fourth-order valence-electron chi connectivity index (χ4n) is 4.93. The molecule has 1 amide bonds. The van der Waals surface area contributed by atoms with E-state index in [1.165, 1.54) is 11.1 Å². The number of aryl methyl sites for hydroxylation is 1. The Morgan fingerprint density at radius 3 is 2.28 bits per heavy atom. The van der Waals surface area contributed by atoms with Gasteiger partial charge >= 0.3 is 0 Å². The van der Waals surface area contributed by atoms with E-state index < -0.39 is 0 Å². The van der Waals surface area contributed by atoms with E-state index in [-0.39, 0.29) is 16.7 Å². The van der Waals surface area contributed by atoms with E-state index in [0.717, 1.165) is 48.2 Å². The molecule has 3 aromatic carbocycles. The van der Waals surface area contributed by atoms with Crippen molar-refractivity contribution in [3.05, 3.63) is 100 Å². The lowest BCUT2D eigenvalue weighted by Gasteiger charge is -2.30. The maximum atomic E-state index is 13.4. The molecule has 0 atom stereocenters. The Morgan fingerprint density at radius 2 is 1.60 bits per heavy atom. The second-order valence-corrected chi connectivity index (χ2v) is 13.0. The summed E-state index contributed by atoms with van der Waals surface area (Å²) in [6.07, 6.45) is 3.74. The molecular formula is C37H46ClN3O2. The minimum atomic E-state index is -0.173. The summed E-state index contributed by atoms with van der Waals surface area (Å²) >= 11 is 6.46. The molecule has 0 saturated carbocycles. The average molecular weight is 600 g/mol. The summed E-state index contributed by atoms with van der Waals surface area (Å²) in [7, 11) is 0. The summed E-state index contributed by atoms with van der Waals surface area (Å²) in [6, 6.07) is 24.0. The highest BCUT2D eigenvalue weighted by Gasteiger charge is 2.26. The number of amides is 1. The Balaban J connectivity index is 1.41. The minimum absolute atomic E-state index is 0.0202. The topological polar surface area (TPSA) is 56.1 Å². The fraction of sp³-hybridized carbons (Fsp3) is 0.405. The molecule has 6 heteroatoms. The van der Waals surface area contributed by atoms with E-state index in [1.54, 1.807) is 10.7 Å². The van der Waals surface area contributed by atoms with Crippen LogP contribution in [0.5, 0.6) is 5.75 Å². The van der Waals surface area contributed by atoms with Gasteiger partial charge in [-0.15, -0.1) is 0 Å². The Bertz CT molecular complexity index is 1540. The summed E-state index contributed by atoms with van der Waals surface area (Å²) in [4.78, 5) is 13.4. The Kier molecular flexibility index (Phi) is 10.4. The molecule has 0 fully saturated rings. The standard InChI is InChI=1S/C37H46ClN3O2/c1-8-36(4,5)27-18-21-34(30(24-27)37(6,7)9-2)43-23-13-12-22-39-35(42)33-25-32(29-14-10-11-15-31(29)38)40-41(33)28-19-16-26(3)17-20-28/h10-11,14-21,24-25H,8-9,12-13,22-23H2,1-7H3,(H,39,42). The van der Waals surface area contributed by atoms with Crippen molar-refractivity contribution in [2.24, 2.45) is 0 Å². The van der Waals surface area contributed by atoms with Crippen molar-refractivity contribution < 1.29 is 9.53 Å². The van der Waals surface area contributed by atoms with Gasteiger partial charge in [-0.1, -0.05) is 101 Å². The molecule has 0 radical (unpaired) electrons. The summed E-state index contributed by atoms with van der Waals surface area (Å²) in [5, 5.41) is 8.45. The van der Waals surface area contributed by atoms with E-state index >= 15 is 0 Å². The number of hydrogen-bond acceptors (Lipinski definition) is 3. The molecule has 0 aliphatic carbocycles. The van der Waals surface area contributed by atoms with Crippen LogP contribution in [0.1, 0.15) is 94.4 Å². The van der Waals surface area contributed by atoms with Crippen LogP contribution in [0.4, 0.5) is 0 Å². The first-order valence-electron chi connectivity index (χ1n) is 15.4. The van der Waals surface area contributed by atoms with Crippen LogP contribution in [0.2, 0.25) is 5.02 Å². The average Bonchev–Trinajstić information content (AvgIpc) is 3.44. The molecule has 4 aromatic rings. The SMILES string of the molecule is CCC(C)(C)c1ccc(OCCCCNC(=O)c2cc(-c3ccccc3Cl)nn2-c2ccc(C)cc2)c(C(C)(C)CC)c1. The number of halogens is 1. The normalized spacial score (nSPS) is 11.9. The molecule has 0 saturated heterocycles. The van der Waals surface area contributed by atoms with Crippen LogP contribution in [0.25, 0.3) is 16.9 Å². The smallest absolute Gasteiger partial charge is 0.270 e. The highest BCUT2D eigenvalue weighted by Crippen LogP contribution is 2.38. The van der Waals surface area contributed by atoms with Crippen molar-refractivity contribution in [2.75, 3.05) is 13.2 Å². The maximum Gasteiger partial charge on any atom is 0.270 e. The number of carbonyl (C=O) groups excluding carboxylic acids is 1. The number of aromatic nitrogens is 2. The Morgan fingerprint density at radius 1 is 0.907 bits per heavy atom. The van der Waals surface area contributed by atoms with Crippen LogP contribution in [0.3, 0.4) is 0 Å². The van der Waals surface area contributed by atoms with Gasteiger partial charge in [-0.05, 0) is 79.3 Å². The van der Waals surface area contributed by atoms with Crippen LogP contribution < -0.4 is 10.1 Å². The van der Waals surface area contributed by atoms with Gasteiger partial charge in [-0.3, -0.25) is 4.79 Å². The van der Waals surface area contributed by atoms with E-state index in [9.17, 15) is 4.79 Å². The molecule has 0 unspecified atom stereocenters. The molecule has 0 aliphatic rings. The number of hydrogen-bond donors (Lipinski definition) is 1. The van der Waals surface area contributed by atoms with Crippen LogP contribution in [-0.2, 0) is 10.8 Å². The third-order valence-electron chi connectivity index (χ3n) is 8.74. The van der Waals surface area contributed by atoms with Crippen molar-refractivity contribution in [1.82, 2.24) is 15.1 Å². The zero-order chi connectivity index (χ0) is 31.2. The lowest BCUT2D eigenvalue weighted by molar-refractivity contribution is 0.0944. The molecule has 0 spiro atoms. The van der Waals surface area contributed by atoms with Gasteiger partial charge in [0.05, 0.1) is 23.0 Å². The predicted octanol–water partition coefficient (Wildman–Crippen LogP) is 9.47. The molecular weight excluding hydrogens is 554 g/mol. The second kappa shape index (κ2) is 13.8. The third-order valence-corrected chi connectivity index (χ3v) is 9.07. The number of benzene rings is 3. The molecule has 43 heavy (non-hydrogen) atoms. The third kappa shape index (κ3) is 7.69. The Hall–Kier alpha value is -3.57. The minimum Gasteiger partial charge on any atom is -0.493 e. The lowest BCUT2D eigenvalue weighted by Crippen LogP contribution is -2.27. The number of carbonyl (C=O) groups is 1. The van der Waals surface area contributed by atoms with Gasteiger partial charge in [0.25, 0.3) is 5.91 Å². The van der Waals surface area contributed by atoms with Crippen LogP contribution in [0, 0.1) is 6.92 Å². The predicted molar refractivity (Wildman–Crippen MR) is 179 cm³/mol. The monoisotopic (exact) mass is 599 g/mol. The van der Waals surface area contributed by atoms with E-state index in [4.69, 9.17) is 21.4 Å². The van der Waals surface area contributed by atoms with Gasteiger partial charge in [0, 0.05) is 17.7 Å². The first kappa shape index (κ1) is 32.3. The first-order valence-corrected chi connectivity index (χ1v) is 15.8. The molecule has 1 aromatic heterocycles. The van der Waals surface area contributed by atoms with Gasteiger partial charge in [0.15, 0.2) is 0 Å². The van der Waals surface area contributed by atoms with Gasteiger partial charge in [-0.25, -0.2) is 4.68 Å². The largest absolute Gasteiger partial charge is 0.493 e. The van der Waals surface area contributed by atoms with Gasteiger partial charge in [0.1, 0.15) is 11.4 Å². The van der Waals surface area contributed by atoms with Gasteiger partial charge in [-0.2, -0.15) is 5.10 Å². The highest BCUT2D eigenvalue weighted by molar-refractivity contribution is 6.33. The van der Waals surface area contributed by atoms with Crippen molar-refractivity contribution in [3.8, 4) is 22.7 Å². The van der Waals surface area contributed by atoms with Crippen LogP contribution in [0.15, 0.2) is 72.8 Å². The molecule has 5 nitrogen and oxygen atoms in total. The van der Waals surface area contributed by atoms with Gasteiger partial charge < -0.3 is 10.1 Å². The summed E-state index contributed by atoms with van der Waals surface area (Å²) < 4.78 is 8.02. The molecule has 0 bridgehead atoms. The fourth-order valence-corrected chi connectivity index (χ4v) is 5.16. The quantitative estimate of drug-likeness (QED) is 0.156. The number of nitrogens with zero attached hydrogens (tertiary/aromatic N) is 2. The molecule has 1 N–H and O–H groups in total. The Labute approximate surface area is 262 Å². The summed E-state index contributed by atoms with van der Waals surface area (Å²) in [5.41, 5.74) is 6.64. The van der Waals surface area contributed by atoms with E-state index in [0.29, 0.717) is 29.6 Å². The summed E-state index contributed by atoms with van der Waals surface area (Å²) in [5.74, 6) is 0.786. The molecule has 0 aliphatic heterocycles. The molecule has 228 valence electrons. The van der Waals surface area contributed by atoms with Crippen molar-refractivity contribution in [2.45, 2.75) is 85.0 Å². The zero-order valence-corrected chi connectivity index (χ0v) is 27.5. The van der Waals surface area contributed by atoms with Crippen LogP contribution >= 0.6 is 11.6 Å². The van der Waals surface area contributed by atoms with Crippen molar-refractivity contribution >= 4 is 17.5 Å². The van der Waals surface area contributed by atoms with E-state index in [1.807, 2.05) is 55.5 Å². The van der Waals surface area contributed by atoms with Crippen LogP contribution in [-0.4, -0.2) is 28.8 Å².